The molecule has 6 N–H and O–H groups in total. The molecular weight excluding hydrogens is 222 g/mol. The van der Waals surface area contributed by atoms with E-state index < -0.39 is 5.91 Å². The summed E-state index contributed by atoms with van der Waals surface area (Å²) >= 11 is 0. The van der Waals surface area contributed by atoms with Crippen molar-refractivity contribution in [1.82, 2.24) is 10.3 Å². The quantitative estimate of drug-likeness (QED) is 0.538. The van der Waals surface area contributed by atoms with Crippen molar-refractivity contribution in [2.45, 2.75) is 12.5 Å². The van der Waals surface area contributed by atoms with Crippen LogP contribution in [0.4, 0.5) is 11.5 Å². The summed E-state index contributed by atoms with van der Waals surface area (Å²) in [6.45, 7) is 0.538. The van der Waals surface area contributed by atoms with Crippen molar-refractivity contribution in [3.8, 4) is 0 Å². The zero-order chi connectivity index (χ0) is 12.4. The van der Waals surface area contributed by atoms with Gasteiger partial charge in [0.2, 0.25) is 5.91 Å². The molecule has 17 heavy (non-hydrogen) atoms. The zero-order valence-electron chi connectivity index (χ0n) is 9.06. The molecule has 0 aliphatic carbocycles. The molecule has 90 valence electrons. The van der Waals surface area contributed by atoms with Crippen LogP contribution in [-0.2, 0) is 4.79 Å². The van der Waals surface area contributed by atoms with Crippen molar-refractivity contribution in [2.75, 3.05) is 17.6 Å². The van der Waals surface area contributed by atoms with Crippen LogP contribution in [0.1, 0.15) is 16.8 Å². The molecule has 1 aliphatic rings. The number of amides is 2. The second-order valence-electron chi connectivity index (χ2n) is 3.87. The van der Waals surface area contributed by atoms with Gasteiger partial charge in [-0.3, -0.25) is 9.59 Å². The van der Waals surface area contributed by atoms with Crippen LogP contribution in [0.5, 0.6) is 0 Å². The minimum atomic E-state index is -0.603. The molecule has 1 unspecified atom stereocenters. The van der Waals surface area contributed by atoms with E-state index in [0.717, 1.165) is 0 Å². The predicted octanol–water partition coefficient (Wildman–Crippen LogP) is -0.937. The summed E-state index contributed by atoms with van der Waals surface area (Å²) in [6.07, 6.45) is 1.75. The molecule has 1 atom stereocenters. The van der Waals surface area contributed by atoms with Crippen LogP contribution >= 0.6 is 0 Å². The first-order valence-electron chi connectivity index (χ1n) is 5.15. The molecule has 0 saturated carbocycles. The number of carbonyl (C=O) groups excluding carboxylic acids is 2. The van der Waals surface area contributed by atoms with Crippen molar-refractivity contribution in [3.63, 3.8) is 0 Å². The number of nitrogens with zero attached hydrogens (tertiary/aromatic N) is 1. The van der Waals surface area contributed by atoms with Crippen LogP contribution in [0.15, 0.2) is 12.3 Å². The maximum absolute atomic E-state index is 11.1. The van der Waals surface area contributed by atoms with Crippen LogP contribution in [-0.4, -0.2) is 29.4 Å². The van der Waals surface area contributed by atoms with Gasteiger partial charge in [-0.25, -0.2) is 4.98 Å². The Morgan fingerprint density at radius 2 is 2.35 bits per heavy atom. The number of anilines is 2. The Labute approximate surface area is 97.6 Å². The molecule has 2 rings (SSSR count). The summed E-state index contributed by atoms with van der Waals surface area (Å²) < 4.78 is 0. The molecular formula is C10H13N5O2. The standard InChI is InChI=1S/C10H13N5O2/c11-7-4-13-8(2-6(7)10(12)17)15-5-1-9(16)14-3-5/h2,4-5H,1,3,11H2,(H2,12,17)(H,13,15)(H,14,16). The first-order chi connectivity index (χ1) is 8.06. The lowest BCUT2D eigenvalue weighted by Crippen LogP contribution is -2.23. The van der Waals surface area contributed by atoms with Crippen molar-refractivity contribution >= 4 is 23.3 Å². The molecule has 1 aromatic rings. The first kappa shape index (κ1) is 11.2. The number of carbonyl (C=O) groups is 2. The van der Waals surface area contributed by atoms with Gasteiger partial charge >= 0.3 is 0 Å². The van der Waals surface area contributed by atoms with Gasteiger partial charge in [0.25, 0.3) is 5.91 Å². The Kier molecular flexibility index (Phi) is 2.82. The summed E-state index contributed by atoms with van der Waals surface area (Å²) in [6, 6.07) is 1.46. The zero-order valence-corrected chi connectivity index (χ0v) is 9.06. The lowest BCUT2D eigenvalue weighted by atomic mass is 10.2. The van der Waals surface area contributed by atoms with Gasteiger partial charge in [-0.15, -0.1) is 0 Å². The van der Waals surface area contributed by atoms with Gasteiger partial charge in [0.15, 0.2) is 0 Å². The van der Waals surface area contributed by atoms with Crippen molar-refractivity contribution < 1.29 is 9.59 Å². The highest BCUT2D eigenvalue weighted by atomic mass is 16.2. The highest BCUT2D eigenvalue weighted by Gasteiger charge is 2.21. The molecule has 0 spiro atoms. The summed E-state index contributed by atoms with van der Waals surface area (Å²) in [5.74, 6) is -0.129. The summed E-state index contributed by atoms with van der Waals surface area (Å²) in [4.78, 5) is 26.1. The summed E-state index contributed by atoms with van der Waals surface area (Å²) in [5.41, 5.74) is 11.2. The highest BCUT2D eigenvalue weighted by Crippen LogP contribution is 2.16. The third kappa shape index (κ3) is 2.44. The van der Waals surface area contributed by atoms with Gasteiger partial charge in [-0.1, -0.05) is 0 Å². The summed E-state index contributed by atoms with van der Waals surface area (Å²) in [5, 5.41) is 5.73. The minimum absolute atomic E-state index is 0.00642. The van der Waals surface area contributed by atoms with Crippen molar-refractivity contribution in [2.24, 2.45) is 5.73 Å². The van der Waals surface area contributed by atoms with Gasteiger partial charge in [0.05, 0.1) is 23.5 Å². The molecule has 1 fully saturated rings. The van der Waals surface area contributed by atoms with Gasteiger partial charge in [-0.2, -0.15) is 0 Å². The van der Waals surface area contributed by atoms with Crippen LogP contribution in [0, 0.1) is 0 Å². The Morgan fingerprint density at radius 3 is 2.94 bits per heavy atom. The number of pyridine rings is 1. The van der Waals surface area contributed by atoms with Crippen LogP contribution in [0.25, 0.3) is 0 Å². The first-order valence-corrected chi connectivity index (χ1v) is 5.15. The molecule has 7 heteroatoms. The minimum Gasteiger partial charge on any atom is -0.397 e. The Bertz CT molecular complexity index is 474. The highest BCUT2D eigenvalue weighted by molar-refractivity contribution is 5.98. The third-order valence-electron chi connectivity index (χ3n) is 2.53. The Balaban J connectivity index is 2.14. The Morgan fingerprint density at radius 1 is 1.59 bits per heavy atom. The largest absolute Gasteiger partial charge is 0.397 e. The molecule has 2 heterocycles. The smallest absolute Gasteiger partial charge is 0.250 e. The Hall–Kier alpha value is -2.31. The topological polar surface area (TPSA) is 123 Å². The summed E-state index contributed by atoms with van der Waals surface area (Å²) in [7, 11) is 0. The second kappa shape index (κ2) is 4.28. The molecule has 1 saturated heterocycles. The van der Waals surface area contributed by atoms with E-state index in [9.17, 15) is 9.59 Å². The van der Waals surface area contributed by atoms with E-state index in [0.29, 0.717) is 18.8 Å². The van der Waals surface area contributed by atoms with Crippen molar-refractivity contribution in [1.29, 1.82) is 0 Å². The van der Waals surface area contributed by atoms with E-state index in [1.54, 1.807) is 0 Å². The molecule has 0 radical (unpaired) electrons. The molecule has 1 aliphatic heterocycles. The molecule has 0 bridgehead atoms. The second-order valence-corrected chi connectivity index (χ2v) is 3.87. The normalized spacial score (nSPS) is 18.8. The van der Waals surface area contributed by atoms with Gasteiger partial charge in [0, 0.05) is 13.0 Å². The molecule has 2 amide bonds. The number of hydrogen-bond donors (Lipinski definition) is 4. The van der Waals surface area contributed by atoms with Crippen LogP contribution < -0.4 is 22.1 Å². The van der Waals surface area contributed by atoms with E-state index in [1.165, 1.54) is 12.3 Å². The number of nitrogens with one attached hydrogen (secondary N) is 2. The van der Waals surface area contributed by atoms with E-state index in [2.05, 4.69) is 15.6 Å². The average molecular weight is 235 g/mol. The van der Waals surface area contributed by atoms with Crippen LogP contribution in [0.2, 0.25) is 0 Å². The fourth-order valence-electron chi connectivity index (χ4n) is 1.67. The maximum Gasteiger partial charge on any atom is 0.250 e. The number of rotatable bonds is 3. The SMILES string of the molecule is NC(=O)c1cc(NC2CNC(=O)C2)ncc1N. The lowest BCUT2D eigenvalue weighted by molar-refractivity contribution is -0.119. The van der Waals surface area contributed by atoms with E-state index in [-0.39, 0.29) is 23.2 Å². The van der Waals surface area contributed by atoms with Gasteiger partial charge in [-0.05, 0) is 6.07 Å². The van der Waals surface area contributed by atoms with Crippen LogP contribution in [0.3, 0.4) is 0 Å². The molecule has 1 aromatic heterocycles. The molecule has 0 aromatic carbocycles. The molecule has 7 nitrogen and oxygen atoms in total. The van der Waals surface area contributed by atoms with Gasteiger partial charge < -0.3 is 22.1 Å². The number of nitrogens with two attached hydrogens (primary N) is 2. The fraction of sp³-hybridized carbons (Fsp3) is 0.300. The maximum atomic E-state index is 11.1. The predicted molar refractivity (Wildman–Crippen MR) is 62.2 cm³/mol. The number of aromatic nitrogens is 1. The fourth-order valence-corrected chi connectivity index (χ4v) is 1.67. The van der Waals surface area contributed by atoms with Gasteiger partial charge in [0.1, 0.15) is 5.82 Å². The number of nitrogen functional groups attached to an aromatic ring is 1. The lowest BCUT2D eigenvalue weighted by Gasteiger charge is -2.12. The van der Waals surface area contributed by atoms with E-state index >= 15 is 0 Å². The van der Waals surface area contributed by atoms with Crippen molar-refractivity contribution in [3.05, 3.63) is 17.8 Å². The number of hydrogen-bond acceptors (Lipinski definition) is 5. The van der Waals surface area contributed by atoms with E-state index in [1.807, 2.05) is 0 Å². The average Bonchev–Trinajstić information content (AvgIpc) is 2.66. The van der Waals surface area contributed by atoms with E-state index in [4.69, 9.17) is 11.5 Å². The monoisotopic (exact) mass is 235 g/mol. The third-order valence-corrected chi connectivity index (χ3v) is 2.53. The number of primary amides is 1.